The molecule has 0 aliphatic heterocycles. The number of aromatic nitrogens is 3. The van der Waals surface area contributed by atoms with E-state index in [4.69, 9.17) is 11.6 Å². The quantitative estimate of drug-likeness (QED) is 0.491. The summed E-state index contributed by atoms with van der Waals surface area (Å²) in [5.41, 5.74) is 0.903. The molecule has 0 saturated carbocycles. The van der Waals surface area contributed by atoms with Crippen LogP contribution in [0.5, 0.6) is 0 Å². The number of carbonyl (C=O) groups excluding carboxylic acids is 1. The van der Waals surface area contributed by atoms with Crippen molar-refractivity contribution in [3.05, 3.63) is 54.6 Å². The van der Waals surface area contributed by atoms with Crippen molar-refractivity contribution in [1.29, 1.82) is 0 Å². The molecular formula is C18H21ClN4OS. The molecule has 132 valence electrons. The monoisotopic (exact) mass is 376 g/mol. The molecule has 2 rings (SSSR count). The van der Waals surface area contributed by atoms with Crippen LogP contribution in [-0.4, -0.2) is 44.4 Å². The van der Waals surface area contributed by atoms with Crippen LogP contribution in [-0.2, 0) is 11.3 Å². The van der Waals surface area contributed by atoms with Gasteiger partial charge >= 0.3 is 0 Å². The first-order valence-corrected chi connectivity index (χ1v) is 9.28. The van der Waals surface area contributed by atoms with Gasteiger partial charge in [0.1, 0.15) is 0 Å². The Bertz CT molecular complexity index is 749. The predicted octanol–water partition coefficient (Wildman–Crippen LogP) is 3.91. The smallest absolute Gasteiger partial charge is 0.233 e. The maximum Gasteiger partial charge on any atom is 0.233 e. The number of amides is 1. The molecule has 0 saturated heterocycles. The third-order valence-corrected chi connectivity index (χ3v) is 4.68. The standard InChI is InChI=1S/C18H21ClN4OS/c1-4-10-22(11-5-2)16(24)13-25-18-21-20-17(23(18)6-3)14-8-7-9-15(19)12-14/h4-5,7-9,12H,1-2,6,10-11,13H2,3H3. The zero-order valence-corrected chi connectivity index (χ0v) is 15.8. The second-order valence-corrected chi connectivity index (χ2v) is 6.60. The largest absolute Gasteiger partial charge is 0.335 e. The van der Waals surface area contributed by atoms with Crippen molar-refractivity contribution in [2.75, 3.05) is 18.8 Å². The third-order valence-electron chi connectivity index (χ3n) is 3.49. The molecule has 0 bridgehead atoms. The molecule has 0 spiro atoms. The molecule has 0 fully saturated rings. The molecule has 1 heterocycles. The van der Waals surface area contributed by atoms with E-state index < -0.39 is 0 Å². The lowest BCUT2D eigenvalue weighted by atomic mass is 10.2. The van der Waals surface area contributed by atoms with Gasteiger partial charge in [-0.15, -0.1) is 23.4 Å². The molecule has 0 atom stereocenters. The van der Waals surface area contributed by atoms with Crippen molar-refractivity contribution in [3.63, 3.8) is 0 Å². The SMILES string of the molecule is C=CCN(CC=C)C(=O)CSc1nnc(-c2cccc(Cl)c2)n1CC. The van der Waals surface area contributed by atoms with Gasteiger partial charge in [-0.3, -0.25) is 4.79 Å². The van der Waals surface area contributed by atoms with Crippen molar-refractivity contribution >= 4 is 29.3 Å². The second-order valence-electron chi connectivity index (χ2n) is 5.23. The molecule has 1 aromatic carbocycles. The minimum absolute atomic E-state index is 0.0137. The number of halogens is 1. The molecule has 0 N–H and O–H groups in total. The predicted molar refractivity (Wildman–Crippen MR) is 104 cm³/mol. The number of hydrogen-bond donors (Lipinski definition) is 0. The van der Waals surface area contributed by atoms with Crippen LogP contribution in [0.4, 0.5) is 0 Å². The molecule has 0 unspecified atom stereocenters. The summed E-state index contributed by atoms with van der Waals surface area (Å²) in [6.07, 6.45) is 3.41. The number of thioether (sulfide) groups is 1. The van der Waals surface area contributed by atoms with Crippen LogP contribution < -0.4 is 0 Å². The molecule has 25 heavy (non-hydrogen) atoms. The topological polar surface area (TPSA) is 51.0 Å². The van der Waals surface area contributed by atoms with Gasteiger partial charge in [0.2, 0.25) is 5.91 Å². The Hall–Kier alpha value is -2.05. The van der Waals surface area contributed by atoms with E-state index in [1.165, 1.54) is 11.8 Å². The van der Waals surface area contributed by atoms with Crippen molar-refractivity contribution in [1.82, 2.24) is 19.7 Å². The van der Waals surface area contributed by atoms with E-state index in [0.29, 0.717) is 29.8 Å². The summed E-state index contributed by atoms with van der Waals surface area (Å²) in [4.78, 5) is 14.0. The summed E-state index contributed by atoms with van der Waals surface area (Å²) < 4.78 is 1.98. The number of hydrogen-bond acceptors (Lipinski definition) is 4. The summed E-state index contributed by atoms with van der Waals surface area (Å²) in [6.45, 7) is 11.1. The molecule has 1 aromatic heterocycles. The highest BCUT2D eigenvalue weighted by Gasteiger charge is 2.17. The van der Waals surface area contributed by atoms with Crippen molar-refractivity contribution in [2.45, 2.75) is 18.6 Å². The molecule has 2 aromatic rings. The first-order valence-electron chi connectivity index (χ1n) is 7.92. The van der Waals surface area contributed by atoms with Gasteiger partial charge in [0.25, 0.3) is 0 Å². The summed E-state index contributed by atoms with van der Waals surface area (Å²) in [5, 5.41) is 9.87. The highest BCUT2D eigenvalue weighted by Crippen LogP contribution is 2.25. The zero-order valence-electron chi connectivity index (χ0n) is 14.2. The van der Waals surface area contributed by atoms with E-state index in [-0.39, 0.29) is 11.7 Å². The Morgan fingerprint density at radius 3 is 2.64 bits per heavy atom. The van der Waals surface area contributed by atoms with Crippen LogP contribution in [0.15, 0.2) is 54.7 Å². The van der Waals surface area contributed by atoms with E-state index in [0.717, 1.165) is 11.4 Å². The van der Waals surface area contributed by atoms with Crippen LogP contribution in [0.25, 0.3) is 11.4 Å². The Morgan fingerprint density at radius 2 is 2.04 bits per heavy atom. The van der Waals surface area contributed by atoms with E-state index >= 15 is 0 Å². The van der Waals surface area contributed by atoms with Crippen molar-refractivity contribution in [2.24, 2.45) is 0 Å². The maximum atomic E-state index is 12.4. The fraction of sp³-hybridized carbons (Fsp3) is 0.278. The van der Waals surface area contributed by atoms with E-state index in [1.54, 1.807) is 17.1 Å². The average Bonchev–Trinajstić information content (AvgIpc) is 3.02. The first kappa shape index (κ1) is 19.3. The van der Waals surface area contributed by atoms with Crippen LogP contribution >= 0.6 is 23.4 Å². The Balaban J connectivity index is 2.14. The van der Waals surface area contributed by atoms with Gasteiger partial charge in [-0.05, 0) is 19.1 Å². The highest BCUT2D eigenvalue weighted by atomic mass is 35.5. The van der Waals surface area contributed by atoms with Crippen LogP contribution in [0, 0.1) is 0 Å². The van der Waals surface area contributed by atoms with Crippen molar-refractivity contribution in [3.8, 4) is 11.4 Å². The van der Waals surface area contributed by atoms with Crippen LogP contribution in [0.3, 0.4) is 0 Å². The summed E-state index contributed by atoms with van der Waals surface area (Å²) in [7, 11) is 0. The van der Waals surface area contributed by atoms with E-state index in [2.05, 4.69) is 23.4 Å². The van der Waals surface area contributed by atoms with Gasteiger partial charge in [-0.2, -0.15) is 0 Å². The van der Waals surface area contributed by atoms with Gasteiger partial charge in [0, 0.05) is 30.2 Å². The normalized spacial score (nSPS) is 10.5. The number of nitrogens with zero attached hydrogens (tertiary/aromatic N) is 4. The number of carbonyl (C=O) groups is 1. The molecule has 0 aliphatic carbocycles. The fourth-order valence-electron chi connectivity index (χ4n) is 2.33. The lowest BCUT2D eigenvalue weighted by Gasteiger charge is -2.18. The lowest BCUT2D eigenvalue weighted by Crippen LogP contribution is -2.32. The average molecular weight is 377 g/mol. The molecule has 0 aliphatic rings. The van der Waals surface area contributed by atoms with Crippen LogP contribution in [0.1, 0.15) is 6.92 Å². The Kier molecular flexibility index (Phi) is 7.28. The van der Waals surface area contributed by atoms with Crippen LogP contribution in [0.2, 0.25) is 5.02 Å². The minimum atomic E-state index is 0.0137. The Morgan fingerprint density at radius 1 is 1.32 bits per heavy atom. The van der Waals surface area contributed by atoms with E-state index in [1.807, 2.05) is 35.8 Å². The molecule has 7 heteroatoms. The van der Waals surface area contributed by atoms with Gasteiger partial charge in [-0.25, -0.2) is 0 Å². The Labute approximate surface area is 157 Å². The highest BCUT2D eigenvalue weighted by molar-refractivity contribution is 7.99. The fourth-order valence-corrected chi connectivity index (χ4v) is 3.42. The molecule has 1 amide bonds. The third kappa shape index (κ3) is 4.96. The summed E-state index contributed by atoms with van der Waals surface area (Å²) >= 11 is 7.44. The number of benzene rings is 1. The maximum absolute atomic E-state index is 12.4. The van der Waals surface area contributed by atoms with Gasteiger partial charge in [-0.1, -0.05) is 47.6 Å². The van der Waals surface area contributed by atoms with Crippen molar-refractivity contribution < 1.29 is 4.79 Å². The van der Waals surface area contributed by atoms with Gasteiger partial charge in [0.05, 0.1) is 5.75 Å². The second kappa shape index (κ2) is 9.44. The zero-order chi connectivity index (χ0) is 18.2. The summed E-state index contributed by atoms with van der Waals surface area (Å²) in [6, 6.07) is 7.50. The molecule has 5 nitrogen and oxygen atoms in total. The minimum Gasteiger partial charge on any atom is -0.335 e. The number of rotatable bonds is 9. The first-order chi connectivity index (χ1) is 12.1. The van der Waals surface area contributed by atoms with E-state index in [9.17, 15) is 4.79 Å². The summed E-state index contributed by atoms with van der Waals surface area (Å²) in [5.74, 6) is 1.05. The lowest BCUT2D eigenvalue weighted by molar-refractivity contribution is -0.127. The van der Waals surface area contributed by atoms with Gasteiger partial charge < -0.3 is 9.47 Å². The molecule has 0 radical (unpaired) electrons. The van der Waals surface area contributed by atoms with Gasteiger partial charge in [0.15, 0.2) is 11.0 Å². The molecular weight excluding hydrogens is 356 g/mol.